The largest absolute Gasteiger partial charge is 0.478 e. The van der Waals surface area contributed by atoms with E-state index in [4.69, 9.17) is 0 Å². The van der Waals surface area contributed by atoms with Crippen molar-refractivity contribution >= 4 is 28.6 Å². The van der Waals surface area contributed by atoms with Gasteiger partial charge in [0.2, 0.25) is 0 Å². The van der Waals surface area contributed by atoms with Gasteiger partial charge in [-0.3, -0.25) is 4.98 Å². The Morgan fingerprint density at radius 3 is 2.48 bits per heavy atom. The van der Waals surface area contributed by atoms with Crippen molar-refractivity contribution in [1.29, 1.82) is 0 Å². The van der Waals surface area contributed by atoms with E-state index in [0.717, 1.165) is 12.3 Å². The number of pyridine rings is 1. The van der Waals surface area contributed by atoms with Gasteiger partial charge in [-0.2, -0.15) is 11.8 Å². The van der Waals surface area contributed by atoms with Crippen LogP contribution in [0.15, 0.2) is 30.5 Å². The van der Waals surface area contributed by atoms with Crippen LogP contribution in [0.4, 0.5) is 17.6 Å². The maximum atomic E-state index is 14.6. The highest BCUT2D eigenvalue weighted by molar-refractivity contribution is 8.00. The van der Waals surface area contributed by atoms with Gasteiger partial charge in [0, 0.05) is 46.2 Å². The fourth-order valence-corrected chi connectivity index (χ4v) is 4.07. The second kappa shape index (κ2) is 6.53. The van der Waals surface area contributed by atoms with Gasteiger partial charge < -0.3 is 5.11 Å². The van der Waals surface area contributed by atoms with E-state index in [0.29, 0.717) is 34.6 Å². The van der Waals surface area contributed by atoms with Crippen LogP contribution in [-0.2, 0) is 0 Å². The minimum Gasteiger partial charge on any atom is -0.478 e. The molecule has 1 aliphatic rings. The molecule has 0 saturated carbocycles. The van der Waals surface area contributed by atoms with Crippen LogP contribution in [0.5, 0.6) is 0 Å². The summed E-state index contributed by atoms with van der Waals surface area (Å²) in [5.74, 6) is -4.67. The SMILES string of the molecule is O=C(O)c1cnc2c(-c3cc(F)cc(F)c3F)c(F)ccc2c1C1CSC1. The summed E-state index contributed by atoms with van der Waals surface area (Å²) < 4.78 is 56.1. The molecule has 138 valence electrons. The summed E-state index contributed by atoms with van der Waals surface area (Å²) in [6.07, 6.45) is 1.08. The van der Waals surface area contributed by atoms with Gasteiger partial charge in [-0.15, -0.1) is 0 Å². The van der Waals surface area contributed by atoms with Gasteiger partial charge >= 0.3 is 5.97 Å². The standard InChI is InChI=1S/C19H11F4NO2S/c20-9-3-11(17(23)14(22)4-9)16-13(21)2-1-10-15(8-6-27-7-8)12(19(25)26)5-24-18(10)16/h1-5,8H,6-7H2,(H,25,26). The van der Waals surface area contributed by atoms with Crippen LogP contribution >= 0.6 is 11.8 Å². The molecule has 0 bridgehead atoms. The Balaban J connectivity index is 2.09. The van der Waals surface area contributed by atoms with Gasteiger partial charge in [-0.05, 0) is 23.8 Å². The van der Waals surface area contributed by atoms with Gasteiger partial charge in [0.1, 0.15) is 11.6 Å². The number of thioether (sulfide) groups is 1. The van der Waals surface area contributed by atoms with E-state index in [1.54, 1.807) is 11.8 Å². The number of carbonyl (C=O) groups is 1. The van der Waals surface area contributed by atoms with Crippen molar-refractivity contribution in [1.82, 2.24) is 4.98 Å². The number of nitrogens with zero attached hydrogens (tertiary/aromatic N) is 1. The third-order valence-electron chi connectivity index (χ3n) is 4.57. The van der Waals surface area contributed by atoms with E-state index in [2.05, 4.69) is 4.98 Å². The number of hydrogen-bond donors (Lipinski definition) is 1. The maximum absolute atomic E-state index is 14.6. The molecule has 1 aliphatic heterocycles. The highest BCUT2D eigenvalue weighted by Crippen LogP contribution is 2.42. The summed E-state index contributed by atoms with van der Waals surface area (Å²) in [4.78, 5) is 15.6. The highest BCUT2D eigenvalue weighted by Gasteiger charge is 2.29. The Bertz CT molecular complexity index is 1100. The topological polar surface area (TPSA) is 50.2 Å². The van der Waals surface area contributed by atoms with Crippen LogP contribution in [0.3, 0.4) is 0 Å². The zero-order chi connectivity index (χ0) is 19.3. The Kier molecular flexibility index (Phi) is 4.30. The Morgan fingerprint density at radius 2 is 1.85 bits per heavy atom. The Hall–Kier alpha value is -2.61. The molecule has 4 rings (SSSR count). The molecular formula is C19H11F4NO2S. The predicted molar refractivity (Wildman–Crippen MR) is 94.0 cm³/mol. The van der Waals surface area contributed by atoms with Crippen LogP contribution in [0.25, 0.3) is 22.0 Å². The summed E-state index contributed by atoms with van der Waals surface area (Å²) in [7, 11) is 0. The summed E-state index contributed by atoms with van der Waals surface area (Å²) in [5, 5.41) is 9.81. The number of rotatable bonds is 3. The molecule has 0 atom stereocenters. The Morgan fingerprint density at radius 1 is 1.11 bits per heavy atom. The van der Waals surface area contributed by atoms with Crippen molar-refractivity contribution in [2.75, 3.05) is 11.5 Å². The Labute approximate surface area is 155 Å². The normalized spacial score (nSPS) is 14.4. The molecular weight excluding hydrogens is 382 g/mol. The van der Waals surface area contributed by atoms with Crippen LogP contribution in [0, 0.1) is 23.3 Å². The number of halogens is 4. The lowest BCUT2D eigenvalue weighted by molar-refractivity contribution is 0.0695. The number of benzene rings is 2. The summed E-state index contributed by atoms with van der Waals surface area (Å²) in [6.45, 7) is 0. The van der Waals surface area contributed by atoms with Crippen LogP contribution in [-0.4, -0.2) is 27.6 Å². The molecule has 1 aromatic heterocycles. The second-order valence-electron chi connectivity index (χ2n) is 6.19. The molecule has 0 radical (unpaired) electrons. The average molecular weight is 393 g/mol. The minimum atomic E-state index is -1.45. The lowest BCUT2D eigenvalue weighted by atomic mass is 9.90. The number of carboxylic acid groups (broad SMARTS) is 1. The third kappa shape index (κ3) is 2.84. The van der Waals surface area contributed by atoms with Crippen molar-refractivity contribution in [3.8, 4) is 11.1 Å². The van der Waals surface area contributed by atoms with E-state index in [1.807, 2.05) is 0 Å². The van der Waals surface area contributed by atoms with Crippen molar-refractivity contribution in [3.05, 3.63) is 64.9 Å². The monoisotopic (exact) mass is 393 g/mol. The molecule has 1 fully saturated rings. The van der Waals surface area contributed by atoms with Gasteiger partial charge in [0.15, 0.2) is 11.6 Å². The molecule has 3 nitrogen and oxygen atoms in total. The third-order valence-corrected chi connectivity index (χ3v) is 5.85. The number of aromatic carboxylic acids is 1. The lowest BCUT2D eigenvalue weighted by Gasteiger charge is -2.28. The molecule has 1 N–H and O–H groups in total. The first-order valence-electron chi connectivity index (χ1n) is 7.95. The highest BCUT2D eigenvalue weighted by atomic mass is 32.2. The number of fused-ring (bicyclic) bond motifs is 1. The minimum absolute atomic E-state index is 0.0174. The zero-order valence-electron chi connectivity index (χ0n) is 13.6. The van der Waals surface area contributed by atoms with Gasteiger partial charge in [-0.25, -0.2) is 22.4 Å². The molecule has 8 heteroatoms. The van der Waals surface area contributed by atoms with Gasteiger partial charge in [0.05, 0.1) is 11.1 Å². The fraction of sp³-hybridized carbons (Fsp3) is 0.158. The van der Waals surface area contributed by atoms with E-state index in [9.17, 15) is 27.5 Å². The maximum Gasteiger partial charge on any atom is 0.337 e. The van der Waals surface area contributed by atoms with Crippen LogP contribution in [0.2, 0.25) is 0 Å². The van der Waals surface area contributed by atoms with E-state index in [-0.39, 0.29) is 17.0 Å². The van der Waals surface area contributed by atoms with E-state index < -0.39 is 40.4 Å². The number of carboxylic acids is 1. The number of aromatic nitrogens is 1. The van der Waals surface area contributed by atoms with E-state index in [1.165, 1.54) is 6.07 Å². The molecule has 2 aromatic carbocycles. The second-order valence-corrected chi connectivity index (χ2v) is 7.27. The lowest BCUT2D eigenvalue weighted by Crippen LogP contribution is -2.20. The quantitative estimate of drug-likeness (QED) is 0.503. The van der Waals surface area contributed by atoms with Crippen molar-refractivity contribution in [3.63, 3.8) is 0 Å². The van der Waals surface area contributed by atoms with E-state index >= 15 is 0 Å². The first-order valence-corrected chi connectivity index (χ1v) is 9.11. The fourth-order valence-electron chi connectivity index (χ4n) is 3.27. The first-order chi connectivity index (χ1) is 12.9. The predicted octanol–water partition coefficient (Wildman–Crippen LogP) is 4.99. The van der Waals surface area contributed by atoms with Crippen molar-refractivity contribution < 1.29 is 27.5 Å². The summed E-state index contributed by atoms with van der Waals surface area (Å²) in [6, 6.07) is 3.47. The zero-order valence-corrected chi connectivity index (χ0v) is 14.4. The molecule has 2 heterocycles. The summed E-state index contributed by atoms with van der Waals surface area (Å²) in [5.41, 5.74) is -0.564. The van der Waals surface area contributed by atoms with Crippen molar-refractivity contribution in [2.45, 2.75) is 5.92 Å². The van der Waals surface area contributed by atoms with Crippen LogP contribution in [0.1, 0.15) is 21.8 Å². The molecule has 27 heavy (non-hydrogen) atoms. The average Bonchev–Trinajstić information content (AvgIpc) is 2.56. The smallest absolute Gasteiger partial charge is 0.337 e. The first kappa shape index (κ1) is 17.8. The molecule has 0 spiro atoms. The molecule has 3 aromatic rings. The number of hydrogen-bond acceptors (Lipinski definition) is 3. The van der Waals surface area contributed by atoms with Gasteiger partial charge in [-0.1, -0.05) is 0 Å². The summed E-state index contributed by atoms with van der Waals surface area (Å²) >= 11 is 1.63. The molecule has 0 aliphatic carbocycles. The molecule has 1 saturated heterocycles. The molecule has 0 unspecified atom stereocenters. The molecule has 0 amide bonds. The van der Waals surface area contributed by atoms with Crippen LogP contribution < -0.4 is 0 Å². The van der Waals surface area contributed by atoms with Crippen molar-refractivity contribution in [2.24, 2.45) is 0 Å². The van der Waals surface area contributed by atoms with Gasteiger partial charge in [0.25, 0.3) is 0 Å².